The molecule has 4 atom stereocenters. The van der Waals surface area contributed by atoms with Crippen LogP contribution in [-0.4, -0.2) is 76.6 Å². The smallest absolute Gasteiger partial charge is 0.245 e. The normalized spacial score (nSPS) is 22.4. The van der Waals surface area contributed by atoms with Crippen LogP contribution in [0.2, 0.25) is 36.3 Å². The molecule has 36 heavy (non-hydrogen) atoms. The lowest BCUT2D eigenvalue weighted by molar-refractivity contribution is -0.140. The van der Waals surface area contributed by atoms with Crippen molar-refractivity contribution in [1.82, 2.24) is 15.5 Å². The number of carbonyl (C=O) groups is 3. The minimum Gasteiger partial charge on any atom is -0.409 e. The van der Waals surface area contributed by atoms with Gasteiger partial charge in [0.05, 0.1) is 12.6 Å². The zero-order valence-corrected chi connectivity index (χ0v) is 27.1. The van der Waals surface area contributed by atoms with Gasteiger partial charge in [-0.25, -0.2) is 0 Å². The maximum atomic E-state index is 13.7. The standard InChI is InChI=1S/C26H53N3O5Si2/c1-14-15-18(2)28-24(32)22-23(34-36(12,13)26(7,8)9)20(33-35(10,11)25(4,5)6)17-29(22)21(31)16-27-19(3)30/h18,20,22-23H,14-17H2,1-13H3,(H,27,30)(H,28,32)/t18?,20-,22?,23+/m0/s1. The molecule has 0 aromatic rings. The first-order chi connectivity index (χ1) is 16.1. The maximum absolute atomic E-state index is 13.7. The molecule has 1 heterocycles. The molecule has 1 saturated heterocycles. The van der Waals surface area contributed by atoms with Gasteiger partial charge in [0, 0.05) is 19.5 Å². The number of rotatable bonds is 10. The molecule has 0 radical (unpaired) electrons. The highest BCUT2D eigenvalue weighted by Gasteiger charge is 2.55. The van der Waals surface area contributed by atoms with E-state index in [4.69, 9.17) is 8.85 Å². The number of nitrogens with one attached hydrogen (secondary N) is 2. The van der Waals surface area contributed by atoms with Gasteiger partial charge in [0.1, 0.15) is 12.1 Å². The molecule has 0 spiro atoms. The predicted octanol–water partition coefficient (Wildman–Crippen LogP) is 4.42. The monoisotopic (exact) mass is 543 g/mol. The van der Waals surface area contributed by atoms with Gasteiger partial charge < -0.3 is 24.4 Å². The molecule has 1 fully saturated rings. The Labute approximate surface area is 221 Å². The van der Waals surface area contributed by atoms with Crippen LogP contribution >= 0.6 is 0 Å². The molecule has 0 aromatic carbocycles. The van der Waals surface area contributed by atoms with E-state index in [0.29, 0.717) is 0 Å². The van der Waals surface area contributed by atoms with Crippen LogP contribution in [-0.2, 0) is 23.2 Å². The van der Waals surface area contributed by atoms with Crippen LogP contribution in [0.1, 0.15) is 75.2 Å². The van der Waals surface area contributed by atoms with Crippen molar-refractivity contribution in [3.8, 4) is 0 Å². The van der Waals surface area contributed by atoms with Crippen LogP contribution in [0, 0.1) is 0 Å². The molecular weight excluding hydrogens is 490 g/mol. The molecule has 8 nitrogen and oxygen atoms in total. The predicted molar refractivity (Wildman–Crippen MR) is 151 cm³/mol. The van der Waals surface area contributed by atoms with Gasteiger partial charge in [-0.15, -0.1) is 0 Å². The molecule has 3 amide bonds. The molecule has 2 unspecified atom stereocenters. The summed E-state index contributed by atoms with van der Waals surface area (Å²) in [7, 11) is -4.58. The fourth-order valence-electron chi connectivity index (χ4n) is 3.79. The lowest BCUT2D eigenvalue weighted by atomic mass is 10.1. The molecule has 1 aliphatic heterocycles. The number of hydrogen-bond acceptors (Lipinski definition) is 5. The zero-order chi connectivity index (χ0) is 28.3. The van der Waals surface area contributed by atoms with Crippen molar-refractivity contribution < 1.29 is 23.2 Å². The zero-order valence-electron chi connectivity index (χ0n) is 25.1. The van der Waals surface area contributed by atoms with Crippen molar-refractivity contribution in [2.24, 2.45) is 0 Å². The molecule has 210 valence electrons. The molecule has 10 heteroatoms. The highest BCUT2D eigenvalue weighted by atomic mass is 28.4. The Morgan fingerprint density at radius 1 is 0.972 bits per heavy atom. The number of amides is 3. The lowest BCUT2D eigenvalue weighted by Gasteiger charge is -2.43. The van der Waals surface area contributed by atoms with Gasteiger partial charge in [-0.1, -0.05) is 54.9 Å². The quantitative estimate of drug-likeness (QED) is 0.398. The largest absolute Gasteiger partial charge is 0.409 e. The van der Waals surface area contributed by atoms with E-state index < -0.39 is 34.9 Å². The van der Waals surface area contributed by atoms with Crippen molar-refractivity contribution in [1.29, 1.82) is 0 Å². The highest BCUT2D eigenvalue weighted by Crippen LogP contribution is 2.43. The fraction of sp³-hybridized carbons (Fsp3) is 0.885. The first-order valence-electron chi connectivity index (χ1n) is 13.3. The first kappa shape index (κ1) is 32.8. The van der Waals surface area contributed by atoms with Crippen molar-refractivity contribution in [3.05, 3.63) is 0 Å². The van der Waals surface area contributed by atoms with E-state index in [1.165, 1.54) is 6.92 Å². The Bertz CT molecular complexity index is 789. The Balaban J connectivity index is 3.54. The van der Waals surface area contributed by atoms with Crippen molar-refractivity contribution in [3.63, 3.8) is 0 Å². The summed E-state index contributed by atoms with van der Waals surface area (Å²) in [6.07, 6.45) is 0.766. The molecule has 1 rings (SSSR count). The van der Waals surface area contributed by atoms with Crippen LogP contribution in [0.15, 0.2) is 0 Å². The number of likely N-dealkylation sites (tertiary alicyclic amines) is 1. The van der Waals surface area contributed by atoms with Crippen LogP contribution in [0.4, 0.5) is 0 Å². The van der Waals surface area contributed by atoms with E-state index in [9.17, 15) is 14.4 Å². The fourth-order valence-corrected chi connectivity index (χ4v) is 6.43. The van der Waals surface area contributed by atoms with Crippen LogP contribution in [0.5, 0.6) is 0 Å². The third-order valence-corrected chi connectivity index (χ3v) is 17.0. The second-order valence-corrected chi connectivity index (χ2v) is 22.9. The molecule has 0 aliphatic carbocycles. The van der Waals surface area contributed by atoms with Gasteiger partial charge in [0.15, 0.2) is 16.6 Å². The number of nitrogens with zero attached hydrogens (tertiary/aromatic N) is 1. The third-order valence-electron chi connectivity index (χ3n) is 8.07. The van der Waals surface area contributed by atoms with Crippen molar-refractivity contribution in [2.75, 3.05) is 13.1 Å². The topological polar surface area (TPSA) is 97.0 Å². The van der Waals surface area contributed by atoms with E-state index in [-0.39, 0.29) is 46.9 Å². The molecule has 0 bridgehead atoms. The molecule has 1 aliphatic rings. The number of hydrogen-bond donors (Lipinski definition) is 2. The van der Waals surface area contributed by atoms with Gasteiger partial charge in [-0.2, -0.15) is 0 Å². The maximum Gasteiger partial charge on any atom is 0.245 e. The van der Waals surface area contributed by atoms with E-state index in [1.807, 2.05) is 6.92 Å². The Hall–Kier alpha value is -1.24. The van der Waals surface area contributed by atoms with Crippen molar-refractivity contribution in [2.45, 2.75) is 136 Å². The Kier molecular flexibility index (Phi) is 11.0. The minimum atomic E-state index is -2.33. The summed E-state index contributed by atoms with van der Waals surface area (Å²) >= 11 is 0. The second kappa shape index (κ2) is 12.1. The lowest BCUT2D eigenvalue weighted by Crippen LogP contribution is -2.58. The minimum absolute atomic E-state index is 0.0244. The average Bonchev–Trinajstić information content (AvgIpc) is 3.01. The van der Waals surface area contributed by atoms with Crippen LogP contribution in [0.25, 0.3) is 0 Å². The summed E-state index contributed by atoms with van der Waals surface area (Å²) in [6, 6.07) is -0.849. The Morgan fingerprint density at radius 2 is 1.47 bits per heavy atom. The van der Waals surface area contributed by atoms with Crippen LogP contribution < -0.4 is 10.6 Å². The average molecular weight is 544 g/mol. The van der Waals surface area contributed by atoms with Gasteiger partial charge in [-0.3, -0.25) is 14.4 Å². The summed E-state index contributed by atoms with van der Waals surface area (Å²) in [4.78, 5) is 40.2. The Morgan fingerprint density at radius 3 is 1.92 bits per heavy atom. The van der Waals surface area contributed by atoms with Gasteiger partial charge in [-0.05, 0) is 49.6 Å². The third kappa shape index (κ3) is 8.39. The van der Waals surface area contributed by atoms with E-state index >= 15 is 0 Å². The van der Waals surface area contributed by atoms with Crippen molar-refractivity contribution >= 4 is 34.4 Å². The molecule has 0 saturated carbocycles. The van der Waals surface area contributed by atoms with E-state index in [1.54, 1.807) is 4.90 Å². The highest BCUT2D eigenvalue weighted by molar-refractivity contribution is 6.74. The molecular formula is C26H53N3O5Si2. The van der Waals surface area contributed by atoms with E-state index in [0.717, 1.165) is 12.8 Å². The summed E-state index contributed by atoms with van der Waals surface area (Å²) in [5.41, 5.74) is 0. The van der Waals surface area contributed by atoms with Crippen LogP contribution in [0.3, 0.4) is 0 Å². The molecule has 0 aromatic heterocycles. The van der Waals surface area contributed by atoms with Gasteiger partial charge in [0.25, 0.3) is 0 Å². The van der Waals surface area contributed by atoms with E-state index in [2.05, 4.69) is 85.3 Å². The summed E-state index contributed by atoms with van der Waals surface area (Å²) in [6.45, 7) is 27.2. The SMILES string of the molecule is CCCC(C)NC(=O)C1[C@H](O[Si](C)(C)C(C)(C)C)[C@@H](O[Si](C)(C)C(C)(C)C)CN1C(=O)CNC(C)=O. The summed E-state index contributed by atoms with van der Waals surface area (Å²) < 4.78 is 13.8. The first-order valence-corrected chi connectivity index (χ1v) is 19.2. The summed E-state index contributed by atoms with van der Waals surface area (Å²) in [5.74, 6) is -0.820. The number of carbonyl (C=O) groups excluding carboxylic acids is 3. The van der Waals surface area contributed by atoms with Gasteiger partial charge >= 0.3 is 0 Å². The second-order valence-electron chi connectivity index (χ2n) is 13.4. The summed E-state index contributed by atoms with van der Waals surface area (Å²) in [5, 5.41) is 5.57. The molecule has 2 N–H and O–H groups in total. The van der Waals surface area contributed by atoms with Gasteiger partial charge in [0.2, 0.25) is 17.7 Å².